The first-order valence-corrected chi connectivity index (χ1v) is 6.74. The zero-order valence-electron chi connectivity index (χ0n) is 10.7. The lowest BCUT2D eigenvalue weighted by atomic mass is 9.69. The number of rotatable bonds is 4. The summed E-state index contributed by atoms with van der Waals surface area (Å²) in [5.41, 5.74) is 0.0465. The predicted octanol–water partition coefficient (Wildman–Crippen LogP) is 2.25. The maximum Gasteiger partial charge on any atom is 0.311 e. The van der Waals surface area contributed by atoms with Crippen molar-refractivity contribution >= 4 is 17.6 Å². The van der Waals surface area contributed by atoms with Crippen LogP contribution in [0.1, 0.15) is 19.3 Å². The highest BCUT2D eigenvalue weighted by Gasteiger charge is 2.45. The Bertz CT molecular complexity index is 651. The van der Waals surface area contributed by atoms with Crippen molar-refractivity contribution in [3.8, 4) is 11.4 Å². The predicted molar refractivity (Wildman–Crippen MR) is 72.2 cm³/mol. The van der Waals surface area contributed by atoms with E-state index in [-0.39, 0.29) is 6.54 Å². The van der Waals surface area contributed by atoms with E-state index in [4.69, 9.17) is 11.6 Å². The maximum atomic E-state index is 11.4. The molecular weight excluding hydrogens is 280 g/mol. The molecule has 0 spiro atoms. The van der Waals surface area contributed by atoms with Gasteiger partial charge in [-0.05, 0) is 35.4 Å². The fourth-order valence-corrected chi connectivity index (χ4v) is 2.67. The minimum Gasteiger partial charge on any atom is -0.481 e. The molecular formula is C13H13ClN4O2. The maximum absolute atomic E-state index is 11.4. The van der Waals surface area contributed by atoms with Crippen molar-refractivity contribution in [2.24, 2.45) is 5.41 Å². The Hall–Kier alpha value is -1.95. The Morgan fingerprint density at radius 2 is 2.25 bits per heavy atom. The standard InChI is InChI=1S/C13H13ClN4O2/c14-10-4-1-3-9(7-10)11-15-16-17-18(11)8-13(12(19)20)5-2-6-13/h1,3-4,7H,2,5-6,8H2,(H,19,20). The van der Waals surface area contributed by atoms with Crippen LogP contribution in [0.4, 0.5) is 0 Å². The number of tetrazole rings is 1. The van der Waals surface area contributed by atoms with Gasteiger partial charge in [0.05, 0.1) is 12.0 Å². The zero-order chi connectivity index (χ0) is 14.2. The Labute approximate surface area is 120 Å². The van der Waals surface area contributed by atoms with Crippen molar-refractivity contribution in [3.05, 3.63) is 29.3 Å². The van der Waals surface area contributed by atoms with Crippen LogP contribution in [0.15, 0.2) is 24.3 Å². The molecule has 0 unspecified atom stereocenters. The summed E-state index contributed by atoms with van der Waals surface area (Å²) in [7, 11) is 0. The van der Waals surface area contributed by atoms with Crippen LogP contribution in [0.25, 0.3) is 11.4 Å². The van der Waals surface area contributed by atoms with Crippen molar-refractivity contribution in [2.45, 2.75) is 25.8 Å². The summed E-state index contributed by atoms with van der Waals surface area (Å²) < 4.78 is 1.55. The minimum absolute atomic E-state index is 0.289. The van der Waals surface area contributed by atoms with E-state index in [0.717, 1.165) is 12.0 Å². The first-order chi connectivity index (χ1) is 9.61. The minimum atomic E-state index is -0.781. The number of aromatic nitrogens is 4. The molecule has 104 valence electrons. The van der Waals surface area contributed by atoms with Crippen molar-refractivity contribution in [1.82, 2.24) is 20.2 Å². The second-order valence-corrected chi connectivity index (χ2v) is 5.55. The smallest absolute Gasteiger partial charge is 0.311 e. The van der Waals surface area contributed by atoms with Gasteiger partial charge in [0, 0.05) is 10.6 Å². The number of hydrogen-bond acceptors (Lipinski definition) is 4. The normalized spacial score (nSPS) is 16.6. The van der Waals surface area contributed by atoms with Crippen LogP contribution in [0.5, 0.6) is 0 Å². The van der Waals surface area contributed by atoms with Gasteiger partial charge in [-0.1, -0.05) is 30.2 Å². The first-order valence-electron chi connectivity index (χ1n) is 6.36. The van der Waals surface area contributed by atoms with E-state index in [1.165, 1.54) is 0 Å². The lowest BCUT2D eigenvalue weighted by Gasteiger charge is -2.37. The van der Waals surface area contributed by atoms with Gasteiger partial charge in [0.1, 0.15) is 0 Å². The summed E-state index contributed by atoms with van der Waals surface area (Å²) in [4.78, 5) is 11.4. The molecule has 7 heteroatoms. The molecule has 1 aromatic carbocycles. The van der Waals surface area contributed by atoms with Gasteiger partial charge in [-0.25, -0.2) is 4.68 Å². The van der Waals surface area contributed by atoms with E-state index in [0.29, 0.717) is 23.7 Å². The van der Waals surface area contributed by atoms with Gasteiger partial charge in [-0.2, -0.15) is 0 Å². The molecule has 6 nitrogen and oxygen atoms in total. The van der Waals surface area contributed by atoms with Gasteiger partial charge in [0.25, 0.3) is 0 Å². The van der Waals surface area contributed by atoms with Crippen molar-refractivity contribution in [1.29, 1.82) is 0 Å². The number of carboxylic acid groups (broad SMARTS) is 1. The Morgan fingerprint density at radius 1 is 1.45 bits per heavy atom. The molecule has 1 heterocycles. The first kappa shape index (κ1) is 13.1. The Balaban J connectivity index is 1.93. The fourth-order valence-electron chi connectivity index (χ4n) is 2.48. The summed E-state index contributed by atoms with van der Waals surface area (Å²) in [5.74, 6) is -0.240. The quantitative estimate of drug-likeness (QED) is 0.934. The molecule has 3 rings (SSSR count). The zero-order valence-corrected chi connectivity index (χ0v) is 11.4. The van der Waals surface area contributed by atoms with Gasteiger partial charge < -0.3 is 5.11 Å². The molecule has 1 saturated carbocycles. The van der Waals surface area contributed by atoms with Crippen LogP contribution < -0.4 is 0 Å². The molecule has 0 atom stereocenters. The third-order valence-electron chi connectivity index (χ3n) is 3.83. The fraction of sp³-hybridized carbons (Fsp3) is 0.385. The van der Waals surface area contributed by atoms with E-state index in [1.54, 1.807) is 16.8 Å². The highest BCUT2D eigenvalue weighted by molar-refractivity contribution is 6.30. The summed E-state index contributed by atoms with van der Waals surface area (Å²) in [6.45, 7) is 0.289. The average molecular weight is 293 g/mol. The molecule has 1 aromatic heterocycles. The summed E-state index contributed by atoms with van der Waals surface area (Å²) in [6, 6.07) is 7.19. The number of hydrogen-bond donors (Lipinski definition) is 1. The van der Waals surface area contributed by atoms with Crippen LogP contribution >= 0.6 is 11.6 Å². The highest BCUT2D eigenvalue weighted by Crippen LogP contribution is 2.43. The van der Waals surface area contributed by atoms with E-state index in [2.05, 4.69) is 15.5 Å². The Kier molecular flexibility index (Phi) is 3.17. The van der Waals surface area contributed by atoms with Crippen molar-refractivity contribution in [2.75, 3.05) is 0 Å². The van der Waals surface area contributed by atoms with E-state index in [1.807, 2.05) is 12.1 Å². The molecule has 0 amide bonds. The number of carboxylic acids is 1. The molecule has 1 N–H and O–H groups in total. The lowest BCUT2D eigenvalue weighted by molar-refractivity contribution is -0.156. The third kappa shape index (κ3) is 2.16. The molecule has 0 bridgehead atoms. The third-order valence-corrected chi connectivity index (χ3v) is 4.07. The van der Waals surface area contributed by atoms with Crippen LogP contribution in [-0.4, -0.2) is 31.3 Å². The highest BCUT2D eigenvalue weighted by atomic mass is 35.5. The molecule has 0 saturated heterocycles. The SMILES string of the molecule is O=C(O)C1(Cn2nnnc2-c2cccc(Cl)c2)CCC1. The molecule has 1 aliphatic rings. The van der Waals surface area contributed by atoms with Gasteiger partial charge in [-0.3, -0.25) is 4.79 Å². The van der Waals surface area contributed by atoms with Crippen molar-refractivity contribution < 1.29 is 9.90 Å². The average Bonchev–Trinajstić information content (AvgIpc) is 2.81. The molecule has 0 radical (unpaired) electrons. The molecule has 20 heavy (non-hydrogen) atoms. The van der Waals surface area contributed by atoms with Crippen LogP contribution in [0.3, 0.4) is 0 Å². The molecule has 0 aliphatic heterocycles. The molecule has 2 aromatic rings. The monoisotopic (exact) mass is 292 g/mol. The number of aliphatic carboxylic acids is 1. The van der Waals surface area contributed by atoms with E-state index in [9.17, 15) is 9.90 Å². The molecule has 1 fully saturated rings. The second kappa shape index (κ2) is 4.86. The van der Waals surface area contributed by atoms with Gasteiger partial charge in [0.15, 0.2) is 5.82 Å². The van der Waals surface area contributed by atoms with Crippen molar-refractivity contribution in [3.63, 3.8) is 0 Å². The number of benzene rings is 1. The van der Waals surface area contributed by atoms with Gasteiger partial charge in [0.2, 0.25) is 0 Å². The second-order valence-electron chi connectivity index (χ2n) is 5.11. The largest absolute Gasteiger partial charge is 0.481 e. The van der Waals surface area contributed by atoms with E-state index >= 15 is 0 Å². The topological polar surface area (TPSA) is 80.9 Å². The van der Waals surface area contributed by atoms with Gasteiger partial charge >= 0.3 is 5.97 Å². The number of carbonyl (C=O) groups is 1. The van der Waals surface area contributed by atoms with Gasteiger partial charge in [-0.15, -0.1) is 5.10 Å². The summed E-state index contributed by atoms with van der Waals surface area (Å²) in [5, 5.41) is 21.5. The van der Waals surface area contributed by atoms with Crippen LogP contribution in [0, 0.1) is 5.41 Å². The molecule has 1 aliphatic carbocycles. The number of nitrogens with zero attached hydrogens (tertiary/aromatic N) is 4. The van der Waals surface area contributed by atoms with Crippen LogP contribution in [0.2, 0.25) is 5.02 Å². The lowest BCUT2D eigenvalue weighted by Crippen LogP contribution is -2.42. The summed E-state index contributed by atoms with van der Waals surface area (Å²) >= 11 is 5.96. The van der Waals surface area contributed by atoms with E-state index < -0.39 is 11.4 Å². The number of halogens is 1. The summed E-state index contributed by atoms with van der Waals surface area (Å²) in [6.07, 6.45) is 2.26. The van der Waals surface area contributed by atoms with Crippen LogP contribution in [-0.2, 0) is 11.3 Å². The Morgan fingerprint density at radius 3 is 2.85 bits per heavy atom.